The Kier molecular flexibility index (Phi) is 13.9. The van der Waals surface area contributed by atoms with Gasteiger partial charge < -0.3 is 25.4 Å². The van der Waals surface area contributed by atoms with Gasteiger partial charge in [0.1, 0.15) is 24.1 Å². The van der Waals surface area contributed by atoms with Crippen LogP contribution in [-0.2, 0) is 16.0 Å². The smallest absolute Gasteiger partial charge is 0.412 e. The minimum atomic E-state index is -0.813. The number of carbonyl (C=O) groups excluding carboxylic acids is 3. The Morgan fingerprint density at radius 2 is 1.86 bits per heavy atom. The Morgan fingerprint density at radius 1 is 1.10 bits per heavy atom. The number of nitrogens with zero attached hydrogens (tertiary/aromatic N) is 2. The summed E-state index contributed by atoms with van der Waals surface area (Å²) in [5.41, 5.74) is 0.501. The Labute approximate surface area is 248 Å². The number of pyridine rings is 1. The van der Waals surface area contributed by atoms with Crippen molar-refractivity contribution in [2.24, 2.45) is 0 Å². The maximum absolute atomic E-state index is 13.8. The molecule has 0 bridgehead atoms. The van der Waals surface area contributed by atoms with Crippen molar-refractivity contribution < 1.29 is 33.0 Å². The molecule has 3 aromatic rings. The quantitative estimate of drug-likeness (QED) is 0.205. The number of likely N-dealkylation sites (N-methyl/N-ethyl adjacent to an activating group) is 1. The van der Waals surface area contributed by atoms with Crippen molar-refractivity contribution in [1.29, 1.82) is 0 Å². The van der Waals surface area contributed by atoms with Crippen LogP contribution < -0.4 is 16.0 Å². The molecule has 0 radical (unpaired) electrons. The average molecular weight is 608 g/mol. The summed E-state index contributed by atoms with van der Waals surface area (Å²) < 4.78 is 32.7. The van der Waals surface area contributed by atoms with Crippen LogP contribution in [0.15, 0.2) is 48.7 Å². The number of amides is 4. The number of hydrogen-bond donors (Lipinski definition) is 4. The largest absolute Gasteiger partial charge is 0.447 e. The van der Waals surface area contributed by atoms with Crippen LogP contribution in [0.3, 0.4) is 0 Å². The normalized spacial score (nSPS) is 11.3. The van der Waals surface area contributed by atoms with E-state index in [4.69, 9.17) is 21.4 Å². The van der Waals surface area contributed by atoms with Crippen LogP contribution in [0.4, 0.5) is 24.2 Å². The first-order valence-corrected chi connectivity index (χ1v) is 13.4. The van der Waals surface area contributed by atoms with Crippen molar-refractivity contribution in [2.45, 2.75) is 39.2 Å². The van der Waals surface area contributed by atoms with Gasteiger partial charge in [-0.1, -0.05) is 31.2 Å². The van der Waals surface area contributed by atoms with Gasteiger partial charge in [0.05, 0.1) is 17.7 Å². The number of hydrogen-bond acceptors (Lipinski definition) is 6. The number of aromatic nitrogens is 1. The van der Waals surface area contributed by atoms with Crippen LogP contribution in [0.5, 0.6) is 0 Å². The molecule has 0 saturated carbocycles. The van der Waals surface area contributed by atoms with Gasteiger partial charge in [-0.15, -0.1) is 0 Å². The molecule has 10 nitrogen and oxygen atoms in total. The van der Waals surface area contributed by atoms with Crippen molar-refractivity contribution in [3.8, 4) is 0 Å². The molecule has 13 heteroatoms. The summed E-state index contributed by atoms with van der Waals surface area (Å²) in [4.78, 5) is 42.8. The fourth-order valence-corrected chi connectivity index (χ4v) is 4.24. The molecule has 42 heavy (non-hydrogen) atoms. The molecule has 228 valence electrons. The number of carbonyl (C=O) groups is 3. The highest BCUT2D eigenvalue weighted by Gasteiger charge is 2.22. The summed E-state index contributed by atoms with van der Waals surface area (Å²) in [5.74, 6) is -1.10. The average Bonchev–Trinajstić information content (AvgIpc) is 2.95. The molecule has 1 aromatic heterocycles. The lowest BCUT2D eigenvalue weighted by molar-refractivity contribution is -0.132. The number of aliphatic hydroxyl groups is 1. The zero-order valence-corrected chi connectivity index (χ0v) is 23.2. The van der Waals surface area contributed by atoms with E-state index in [1.807, 2.05) is 0 Å². The molecule has 0 aliphatic carbocycles. The standard InChI is InChI=1S/C28H32ClF2N5O5.CH4/c1-36(25(38)10-8-18-4-2-6-23(31)26(18)29)22(5-3-11-32-27(39)33-12-13-37)17-41-28(40)35-24-15-20-14-21(30)9-7-19(20)16-34-24;/h2,4,6-7,9,14-16,22,37H,3,5,8,10-13,17H2,1H3,(H2,32,33,39)(H,34,35,40);1H4/t22-;/m0./s1. The van der Waals surface area contributed by atoms with E-state index in [-0.39, 0.29) is 63.3 Å². The summed E-state index contributed by atoms with van der Waals surface area (Å²) in [5, 5.41) is 17.6. The number of fused-ring (bicyclic) bond motifs is 1. The first-order chi connectivity index (χ1) is 19.7. The minimum Gasteiger partial charge on any atom is -0.447 e. The number of nitrogens with one attached hydrogen (secondary N) is 3. The van der Waals surface area contributed by atoms with E-state index < -0.39 is 29.8 Å². The van der Waals surface area contributed by atoms with E-state index in [9.17, 15) is 23.2 Å². The van der Waals surface area contributed by atoms with Crippen molar-refractivity contribution in [1.82, 2.24) is 20.5 Å². The molecule has 0 fully saturated rings. The van der Waals surface area contributed by atoms with Crippen LogP contribution in [0, 0.1) is 11.6 Å². The van der Waals surface area contributed by atoms with Crippen LogP contribution in [0.2, 0.25) is 5.02 Å². The molecule has 0 aliphatic heterocycles. The third-order valence-electron chi connectivity index (χ3n) is 6.30. The molecule has 4 amide bonds. The third kappa shape index (κ3) is 10.4. The second kappa shape index (κ2) is 17.0. The number of benzene rings is 2. The molecular formula is C29H36ClF2N5O5. The van der Waals surface area contributed by atoms with E-state index in [0.29, 0.717) is 29.2 Å². The lowest BCUT2D eigenvalue weighted by Crippen LogP contribution is -2.42. The highest BCUT2D eigenvalue weighted by atomic mass is 35.5. The van der Waals surface area contributed by atoms with Crippen LogP contribution >= 0.6 is 11.6 Å². The molecule has 1 atom stereocenters. The number of anilines is 1. The minimum absolute atomic E-state index is 0. The topological polar surface area (TPSA) is 133 Å². The Morgan fingerprint density at radius 3 is 2.62 bits per heavy atom. The van der Waals surface area contributed by atoms with E-state index in [1.165, 1.54) is 41.4 Å². The molecule has 1 heterocycles. The Hall–Kier alpha value is -4.03. The molecule has 2 aromatic carbocycles. The monoisotopic (exact) mass is 607 g/mol. The van der Waals surface area contributed by atoms with Gasteiger partial charge in [-0.05, 0) is 60.5 Å². The molecule has 0 saturated heterocycles. The van der Waals surface area contributed by atoms with Gasteiger partial charge in [0, 0.05) is 38.1 Å². The van der Waals surface area contributed by atoms with Crippen molar-refractivity contribution in [2.75, 3.05) is 38.7 Å². The number of ether oxygens (including phenoxy) is 1. The molecular weight excluding hydrogens is 572 g/mol. The number of urea groups is 1. The number of aliphatic hydroxyl groups excluding tert-OH is 1. The number of halogens is 3. The lowest BCUT2D eigenvalue weighted by Gasteiger charge is -2.28. The Balaban J connectivity index is 0.00000616. The summed E-state index contributed by atoms with van der Waals surface area (Å²) in [6.45, 7) is 0.0470. The summed E-state index contributed by atoms with van der Waals surface area (Å²) in [7, 11) is 1.57. The van der Waals surface area contributed by atoms with Crippen molar-refractivity contribution in [3.63, 3.8) is 0 Å². The van der Waals surface area contributed by atoms with Crippen LogP contribution in [-0.4, -0.2) is 72.4 Å². The molecule has 0 unspecified atom stereocenters. The second-order valence-corrected chi connectivity index (χ2v) is 9.58. The van der Waals surface area contributed by atoms with E-state index >= 15 is 0 Å². The number of aryl methyl sites for hydroxylation is 1. The van der Waals surface area contributed by atoms with Gasteiger partial charge >= 0.3 is 12.1 Å². The molecule has 3 rings (SSSR count). The first-order valence-electron chi connectivity index (χ1n) is 13.0. The molecule has 0 spiro atoms. The maximum Gasteiger partial charge on any atom is 0.412 e. The van der Waals surface area contributed by atoms with E-state index in [0.717, 1.165) is 0 Å². The van der Waals surface area contributed by atoms with Gasteiger partial charge in [0.15, 0.2) is 0 Å². The zero-order chi connectivity index (χ0) is 29.8. The summed E-state index contributed by atoms with van der Waals surface area (Å²) in [6.07, 6.45) is 1.77. The van der Waals surface area contributed by atoms with Gasteiger partial charge in [-0.2, -0.15) is 0 Å². The predicted octanol–water partition coefficient (Wildman–Crippen LogP) is 4.88. The SMILES string of the molecule is C.CN(C(=O)CCc1cccc(F)c1Cl)[C@@H](CCCNC(=O)NCCO)COC(=O)Nc1cc2cc(F)ccc2cn1. The second-order valence-electron chi connectivity index (χ2n) is 9.20. The van der Waals surface area contributed by atoms with Gasteiger partial charge in [0.25, 0.3) is 0 Å². The summed E-state index contributed by atoms with van der Waals surface area (Å²) >= 11 is 6.01. The van der Waals surface area contributed by atoms with Gasteiger partial charge in [-0.3, -0.25) is 10.1 Å². The van der Waals surface area contributed by atoms with Gasteiger partial charge in [0.2, 0.25) is 5.91 Å². The lowest BCUT2D eigenvalue weighted by atomic mass is 10.1. The fraction of sp³-hybridized carbons (Fsp3) is 0.379. The maximum atomic E-state index is 13.8. The number of rotatable bonds is 13. The fourth-order valence-electron chi connectivity index (χ4n) is 4.02. The van der Waals surface area contributed by atoms with E-state index in [2.05, 4.69) is 20.9 Å². The summed E-state index contributed by atoms with van der Waals surface area (Å²) in [6, 6.07) is 9.14. The van der Waals surface area contributed by atoms with E-state index in [1.54, 1.807) is 19.2 Å². The Bertz CT molecular complexity index is 1360. The third-order valence-corrected chi connectivity index (χ3v) is 6.72. The highest BCUT2D eigenvalue weighted by molar-refractivity contribution is 6.31. The molecule has 4 N–H and O–H groups in total. The van der Waals surface area contributed by atoms with Crippen LogP contribution in [0.25, 0.3) is 10.8 Å². The van der Waals surface area contributed by atoms with Crippen molar-refractivity contribution >= 4 is 46.2 Å². The van der Waals surface area contributed by atoms with Crippen molar-refractivity contribution in [3.05, 3.63) is 70.9 Å². The molecule has 0 aliphatic rings. The van der Waals surface area contributed by atoms with Gasteiger partial charge in [-0.25, -0.2) is 23.4 Å². The first kappa shape index (κ1) is 34.2. The highest BCUT2D eigenvalue weighted by Crippen LogP contribution is 2.22. The predicted molar refractivity (Wildman–Crippen MR) is 157 cm³/mol. The zero-order valence-electron chi connectivity index (χ0n) is 22.5. The van der Waals surface area contributed by atoms with Crippen LogP contribution in [0.1, 0.15) is 32.3 Å².